The lowest BCUT2D eigenvalue weighted by molar-refractivity contribution is -0.141. The van der Waals surface area contributed by atoms with Gasteiger partial charge >= 0.3 is 5.97 Å². The van der Waals surface area contributed by atoms with Crippen LogP contribution in [0.4, 0.5) is 0 Å². The Morgan fingerprint density at radius 2 is 1.89 bits per heavy atom. The Labute approximate surface area is 156 Å². The number of fused-ring (bicyclic) bond motifs is 1. The first kappa shape index (κ1) is 18.6. The van der Waals surface area contributed by atoms with Crippen molar-refractivity contribution in [3.8, 4) is 17.2 Å². The number of hydrogen-bond donors (Lipinski definition) is 2. The third-order valence-corrected chi connectivity index (χ3v) is 4.32. The number of carboxylic acid groups (broad SMARTS) is 1. The fourth-order valence-corrected chi connectivity index (χ4v) is 2.89. The third kappa shape index (κ3) is 4.49. The first-order chi connectivity index (χ1) is 13.1. The van der Waals surface area contributed by atoms with E-state index in [2.05, 4.69) is 5.32 Å². The van der Waals surface area contributed by atoms with Crippen LogP contribution in [-0.2, 0) is 11.2 Å². The van der Waals surface area contributed by atoms with Gasteiger partial charge in [-0.2, -0.15) is 0 Å². The molecule has 0 aromatic heterocycles. The molecule has 0 saturated heterocycles. The predicted octanol–water partition coefficient (Wildman–Crippen LogP) is 2.14. The van der Waals surface area contributed by atoms with Gasteiger partial charge in [0.2, 0.25) is 0 Å². The molecule has 2 aromatic carbocycles. The van der Waals surface area contributed by atoms with Crippen molar-refractivity contribution in [2.24, 2.45) is 5.92 Å². The minimum absolute atomic E-state index is 0.000652. The van der Waals surface area contributed by atoms with E-state index in [1.807, 2.05) is 18.2 Å². The van der Waals surface area contributed by atoms with E-state index >= 15 is 0 Å². The zero-order chi connectivity index (χ0) is 19.2. The van der Waals surface area contributed by atoms with Gasteiger partial charge in [-0.15, -0.1) is 0 Å². The molecule has 1 heterocycles. The molecular weight excluding hydrogens is 350 g/mol. The van der Waals surface area contributed by atoms with Crippen molar-refractivity contribution in [1.82, 2.24) is 5.32 Å². The monoisotopic (exact) mass is 371 g/mol. The van der Waals surface area contributed by atoms with E-state index in [0.29, 0.717) is 36.0 Å². The summed E-state index contributed by atoms with van der Waals surface area (Å²) >= 11 is 0. The molecule has 27 heavy (non-hydrogen) atoms. The van der Waals surface area contributed by atoms with E-state index in [1.165, 1.54) is 7.11 Å². The van der Waals surface area contributed by atoms with Crippen molar-refractivity contribution in [2.75, 3.05) is 26.9 Å². The highest BCUT2D eigenvalue weighted by molar-refractivity contribution is 5.95. The maximum absolute atomic E-state index is 12.4. The van der Waals surface area contributed by atoms with Crippen molar-refractivity contribution in [3.05, 3.63) is 53.6 Å². The summed E-state index contributed by atoms with van der Waals surface area (Å²) in [6, 6.07) is 12.1. The molecule has 0 radical (unpaired) electrons. The highest BCUT2D eigenvalue weighted by atomic mass is 16.6. The van der Waals surface area contributed by atoms with E-state index in [4.69, 9.17) is 14.2 Å². The summed E-state index contributed by atoms with van der Waals surface area (Å²) in [5.74, 6) is -0.388. The van der Waals surface area contributed by atoms with Crippen LogP contribution in [0, 0.1) is 5.92 Å². The van der Waals surface area contributed by atoms with E-state index in [-0.39, 0.29) is 18.9 Å². The third-order valence-electron chi connectivity index (χ3n) is 4.32. The molecular formula is C20H21NO6. The van der Waals surface area contributed by atoms with Crippen LogP contribution in [0.5, 0.6) is 17.2 Å². The van der Waals surface area contributed by atoms with Gasteiger partial charge in [-0.05, 0) is 36.2 Å². The van der Waals surface area contributed by atoms with Crippen LogP contribution in [0.2, 0.25) is 0 Å². The lowest BCUT2D eigenvalue weighted by Crippen LogP contribution is -2.34. The minimum atomic E-state index is -0.983. The van der Waals surface area contributed by atoms with Gasteiger partial charge in [0.25, 0.3) is 5.91 Å². The summed E-state index contributed by atoms with van der Waals surface area (Å²) < 4.78 is 16.2. The van der Waals surface area contributed by atoms with Crippen LogP contribution in [0.25, 0.3) is 0 Å². The topological polar surface area (TPSA) is 94.1 Å². The first-order valence-electron chi connectivity index (χ1n) is 8.61. The first-order valence-corrected chi connectivity index (χ1v) is 8.61. The molecule has 1 atom stereocenters. The molecule has 0 fully saturated rings. The molecule has 1 amide bonds. The summed E-state index contributed by atoms with van der Waals surface area (Å²) in [4.78, 5) is 24.0. The number of nitrogens with one attached hydrogen (secondary N) is 1. The van der Waals surface area contributed by atoms with Crippen LogP contribution in [0.15, 0.2) is 42.5 Å². The van der Waals surface area contributed by atoms with Gasteiger partial charge < -0.3 is 24.6 Å². The number of amides is 1. The van der Waals surface area contributed by atoms with Crippen molar-refractivity contribution < 1.29 is 28.9 Å². The van der Waals surface area contributed by atoms with E-state index in [1.54, 1.807) is 24.3 Å². The lowest BCUT2D eigenvalue weighted by Gasteiger charge is -2.19. The molecule has 0 aliphatic carbocycles. The predicted molar refractivity (Wildman–Crippen MR) is 97.6 cm³/mol. The van der Waals surface area contributed by atoms with Gasteiger partial charge in [-0.1, -0.05) is 18.2 Å². The zero-order valence-corrected chi connectivity index (χ0v) is 14.9. The summed E-state index contributed by atoms with van der Waals surface area (Å²) in [6.45, 7) is 0.903. The van der Waals surface area contributed by atoms with Gasteiger partial charge in [0.15, 0.2) is 11.5 Å². The van der Waals surface area contributed by atoms with E-state index in [9.17, 15) is 14.7 Å². The van der Waals surface area contributed by atoms with Gasteiger partial charge in [0.05, 0.1) is 13.0 Å². The average molecular weight is 371 g/mol. The molecule has 0 bridgehead atoms. The second-order valence-electron chi connectivity index (χ2n) is 6.12. The number of benzene rings is 2. The molecule has 7 nitrogen and oxygen atoms in total. The van der Waals surface area contributed by atoms with Crippen molar-refractivity contribution in [2.45, 2.75) is 6.42 Å². The van der Waals surface area contributed by atoms with Crippen molar-refractivity contribution in [1.29, 1.82) is 0 Å². The number of para-hydroxylation sites is 1. The highest BCUT2D eigenvalue weighted by Gasteiger charge is 2.22. The average Bonchev–Trinajstić information content (AvgIpc) is 2.70. The quantitative estimate of drug-likeness (QED) is 0.774. The summed E-state index contributed by atoms with van der Waals surface area (Å²) in [6.07, 6.45) is 0.251. The normalized spacial score (nSPS) is 13.5. The van der Waals surface area contributed by atoms with Gasteiger partial charge in [0, 0.05) is 12.1 Å². The Bertz CT molecular complexity index is 835. The summed E-state index contributed by atoms with van der Waals surface area (Å²) in [7, 11) is 1.54. The number of carboxylic acids is 1. The molecule has 0 spiro atoms. The number of aliphatic carboxylic acids is 1. The summed E-state index contributed by atoms with van der Waals surface area (Å²) in [5, 5.41) is 12.2. The van der Waals surface area contributed by atoms with Crippen LogP contribution in [0.1, 0.15) is 15.9 Å². The Balaban J connectivity index is 1.65. The number of carbonyl (C=O) groups is 2. The van der Waals surface area contributed by atoms with Gasteiger partial charge in [-0.3, -0.25) is 9.59 Å². The minimum Gasteiger partial charge on any atom is -0.496 e. The van der Waals surface area contributed by atoms with Crippen LogP contribution >= 0.6 is 0 Å². The maximum Gasteiger partial charge on any atom is 0.308 e. The largest absolute Gasteiger partial charge is 0.496 e. The van der Waals surface area contributed by atoms with Gasteiger partial charge in [-0.25, -0.2) is 0 Å². The number of methoxy groups -OCH3 is 1. The molecule has 1 unspecified atom stereocenters. The fourth-order valence-electron chi connectivity index (χ4n) is 2.89. The molecule has 2 aromatic rings. The van der Waals surface area contributed by atoms with Gasteiger partial charge in [0.1, 0.15) is 19.0 Å². The van der Waals surface area contributed by atoms with Crippen LogP contribution < -0.4 is 19.5 Å². The second-order valence-corrected chi connectivity index (χ2v) is 6.12. The van der Waals surface area contributed by atoms with Crippen LogP contribution in [0.3, 0.4) is 0 Å². The smallest absolute Gasteiger partial charge is 0.308 e. The molecule has 3 rings (SSSR count). The Kier molecular flexibility index (Phi) is 5.80. The van der Waals surface area contributed by atoms with Crippen LogP contribution in [-0.4, -0.2) is 43.9 Å². The zero-order valence-electron chi connectivity index (χ0n) is 14.9. The number of ether oxygens (including phenoxy) is 3. The Morgan fingerprint density at radius 3 is 2.63 bits per heavy atom. The molecule has 7 heteroatoms. The maximum atomic E-state index is 12.4. The second kappa shape index (κ2) is 8.44. The Hall–Kier alpha value is -3.22. The molecule has 2 N–H and O–H groups in total. The summed E-state index contributed by atoms with van der Waals surface area (Å²) in [5.41, 5.74) is 1.17. The number of hydrogen-bond acceptors (Lipinski definition) is 5. The number of carbonyl (C=O) groups excluding carboxylic acids is 1. The fraction of sp³-hybridized carbons (Fsp3) is 0.300. The number of rotatable bonds is 7. The molecule has 1 aliphatic heterocycles. The molecule has 1 aliphatic rings. The standard InChI is InChI=1S/C20H21NO6/c1-25-16-5-3-2-4-13(16)10-15(20(23)24)12-21-19(22)14-6-7-17-18(11-14)27-9-8-26-17/h2-7,11,15H,8-10,12H2,1H3,(H,21,22)(H,23,24). The SMILES string of the molecule is COc1ccccc1CC(CNC(=O)c1ccc2c(c1)OCCO2)C(=O)O. The lowest BCUT2D eigenvalue weighted by atomic mass is 9.98. The molecule has 142 valence electrons. The van der Waals surface area contributed by atoms with Crippen molar-refractivity contribution in [3.63, 3.8) is 0 Å². The van der Waals surface area contributed by atoms with E-state index < -0.39 is 11.9 Å². The highest BCUT2D eigenvalue weighted by Crippen LogP contribution is 2.30. The van der Waals surface area contributed by atoms with E-state index in [0.717, 1.165) is 5.56 Å². The van der Waals surface area contributed by atoms with Crippen molar-refractivity contribution >= 4 is 11.9 Å². The molecule has 0 saturated carbocycles. The Morgan fingerprint density at radius 1 is 1.15 bits per heavy atom.